The van der Waals surface area contributed by atoms with Crippen LogP contribution in [0.4, 0.5) is 0 Å². The number of rotatable bonds is 4. The first-order valence-corrected chi connectivity index (χ1v) is 5.51. The molecule has 1 fully saturated rings. The second kappa shape index (κ2) is 5.47. The highest BCUT2D eigenvalue weighted by atomic mass is 16.7. The van der Waals surface area contributed by atoms with E-state index < -0.39 is 55.1 Å². The molecule has 106 valence electrons. The monoisotopic (exact) mass is 266 g/mol. The highest BCUT2D eigenvalue weighted by Crippen LogP contribution is 2.33. The number of carbonyl (C=O) groups is 1. The molecule has 0 aromatic heterocycles. The van der Waals surface area contributed by atoms with E-state index in [2.05, 4.69) is 0 Å². The average Bonchev–Trinajstić information content (AvgIpc) is 2.31. The predicted octanol–water partition coefficient (Wildman–Crippen LogP) is -2.74. The van der Waals surface area contributed by atoms with Crippen molar-refractivity contribution < 1.29 is 40.2 Å². The lowest BCUT2D eigenvalue weighted by Gasteiger charge is -2.43. The van der Waals surface area contributed by atoms with Gasteiger partial charge in [-0.1, -0.05) is 6.92 Å². The van der Waals surface area contributed by atoms with E-state index in [-0.39, 0.29) is 0 Å². The number of aliphatic hydroxyl groups is 5. The van der Waals surface area contributed by atoms with Crippen molar-refractivity contribution in [1.29, 1.82) is 0 Å². The maximum atomic E-state index is 10.9. The molecule has 8 heteroatoms. The van der Waals surface area contributed by atoms with Gasteiger partial charge in [-0.25, -0.2) is 4.79 Å². The minimum Gasteiger partial charge on any atom is -0.477 e. The third kappa shape index (κ3) is 2.79. The minimum absolute atomic E-state index is 0.540. The topological polar surface area (TPSA) is 148 Å². The molecule has 0 amide bonds. The van der Waals surface area contributed by atoms with Crippen LogP contribution in [0.5, 0.6) is 0 Å². The number of hydrogen-bond acceptors (Lipinski definition) is 7. The van der Waals surface area contributed by atoms with Crippen molar-refractivity contribution in [1.82, 2.24) is 0 Å². The Morgan fingerprint density at radius 2 is 2.06 bits per heavy atom. The Hall–Kier alpha value is -0.770. The molecule has 4 unspecified atom stereocenters. The second-order valence-electron chi connectivity index (χ2n) is 4.54. The summed E-state index contributed by atoms with van der Waals surface area (Å²) in [6.45, 7) is 0.722. The van der Waals surface area contributed by atoms with Gasteiger partial charge in [-0.15, -0.1) is 0 Å². The van der Waals surface area contributed by atoms with E-state index in [1.165, 1.54) is 6.92 Å². The fourth-order valence-electron chi connectivity index (χ4n) is 1.91. The van der Waals surface area contributed by atoms with Gasteiger partial charge in [0, 0.05) is 12.3 Å². The van der Waals surface area contributed by atoms with Crippen molar-refractivity contribution in [3.05, 3.63) is 0 Å². The minimum atomic E-state index is -2.62. The number of ether oxygens (including phenoxy) is 1. The molecule has 1 aliphatic heterocycles. The van der Waals surface area contributed by atoms with Gasteiger partial charge in [-0.3, -0.25) is 0 Å². The van der Waals surface area contributed by atoms with Crippen LogP contribution in [0.15, 0.2) is 0 Å². The SMILES string of the molecule is CC1C(O)CC(O)(C(=O)O)OC1[C@@H](O)[C@H](O)CO. The lowest BCUT2D eigenvalue weighted by molar-refractivity contribution is -0.302. The summed E-state index contributed by atoms with van der Waals surface area (Å²) in [7, 11) is 0. The number of aliphatic carboxylic acids is 1. The average molecular weight is 266 g/mol. The predicted molar refractivity (Wildman–Crippen MR) is 56.3 cm³/mol. The first-order valence-electron chi connectivity index (χ1n) is 5.51. The van der Waals surface area contributed by atoms with Crippen LogP contribution in [0.1, 0.15) is 13.3 Å². The lowest BCUT2D eigenvalue weighted by Crippen LogP contribution is -2.60. The van der Waals surface area contributed by atoms with Gasteiger partial charge in [0.1, 0.15) is 12.2 Å². The number of aliphatic hydroxyl groups excluding tert-OH is 4. The number of hydrogen-bond donors (Lipinski definition) is 6. The maximum Gasteiger partial charge on any atom is 0.364 e. The molecule has 1 saturated heterocycles. The summed E-state index contributed by atoms with van der Waals surface area (Å²) in [6, 6.07) is 0. The fraction of sp³-hybridized carbons (Fsp3) is 0.900. The Morgan fingerprint density at radius 3 is 2.50 bits per heavy atom. The molecule has 0 spiro atoms. The summed E-state index contributed by atoms with van der Waals surface area (Å²) >= 11 is 0. The zero-order valence-electron chi connectivity index (χ0n) is 9.80. The van der Waals surface area contributed by atoms with Crippen molar-refractivity contribution in [2.75, 3.05) is 6.61 Å². The highest BCUT2D eigenvalue weighted by Gasteiger charge is 2.51. The summed E-state index contributed by atoms with van der Waals surface area (Å²) in [4.78, 5) is 10.9. The summed E-state index contributed by atoms with van der Waals surface area (Å²) < 4.78 is 4.88. The Labute approximate surface area is 103 Å². The quantitative estimate of drug-likeness (QED) is 0.321. The Balaban J connectivity index is 2.92. The van der Waals surface area contributed by atoms with E-state index >= 15 is 0 Å². The third-order valence-electron chi connectivity index (χ3n) is 3.19. The molecule has 6 N–H and O–H groups in total. The number of carboxylic acid groups (broad SMARTS) is 1. The molecular weight excluding hydrogens is 248 g/mol. The molecule has 0 aromatic carbocycles. The molecule has 0 aliphatic carbocycles. The number of carboxylic acids is 1. The van der Waals surface area contributed by atoms with E-state index in [0.29, 0.717) is 0 Å². The first kappa shape index (κ1) is 15.3. The smallest absolute Gasteiger partial charge is 0.364 e. The zero-order valence-corrected chi connectivity index (χ0v) is 9.80. The van der Waals surface area contributed by atoms with Crippen LogP contribution in [0, 0.1) is 5.92 Å². The molecule has 1 rings (SSSR count). The summed E-state index contributed by atoms with van der Waals surface area (Å²) in [5, 5.41) is 55.9. The molecule has 1 heterocycles. The van der Waals surface area contributed by atoms with Gasteiger partial charge < -0.3 is 35.4 Å². The maximum absolute atomic E-state index is 10.9. The normalized spacial score (nSPS) is 40.2. The summed E-state index contributed by atoms with van der Waals surface area (Å²) in [6.07, 6.45) is -6.24. The molecular formula is C10H18O8. The van der Waals surface area contributed by atoms with Gasteiger partial charge in [-0.05, 0) is 0 Å². The van der Waals surface area contributed by atoms with Crippen molar-refractivity contribution >= 4 is 5.97 Å². The van der Waals surface area contributed by atoms with Crippen molar-refractivity contribution in [2.24, 2.45) is 5.92 Å². The molecule has 0 saturated carbocycles. The zero-order chi connectivity index (χ0) is 14.1. The molecule has 1 aliphatic rings. The van der Waals surface area contributed by atoms with Crippen molar-refractivity contribution in [2.45, 2.75) is 43.5 Å². The van der Waals surface area contributed by atoms with Crippen LogP contribution in [-0.2, 0) is 9.53 Å². The molecule has 0 aromatic rings. The van der Waals surface area contributed by atoms with Gasteiger partial charge in [0.15, 0.2) is 0 Å². The van der Waals surface area contributed by atoms with Gasteiger partial charge in [0.2, 0.25) is 0 Å². The van der Waals surface area contributed by atoms with Gasteiger partial charge in [0.05, 0.1) is 18.8 Å². The summed E-state index contributed by atoms with van der Waals surface area (Å²) in [5.74, 6) is -5.02. The highest BCUT2D eigenvalue weighted by molar-refractivity contribution is 5.75. The molecule has 0 bridgehead atoms. The largest absolute Gasteiger partial charge is 0.477 e. The van der Waals surface area contributed by atoms with E-state index in [9.17, 15) is 25.2 Å². The van der Waals surface area contributed by atoms with E-state index in [1.54, 1.807) is 0 Å². The Bertz CT molecular complexity index is 308. The van der Waals surface area contributed by atoms with Crippen LogP contribution in [0.3, 0.4) is 0 Å². The third-order valence-corrected chi connectivity index (χ3v) is 3.19. The standard InChI is InChI=1S/C10H18O8/c1-4-5(12)2-10(17,9(15)16)18-8(4)7(14)6(13)3-11/h4-8,11-14,17H,2-3H2,1H3,(H,15,16)/t4?,5?,6-,7+,8?,10?/m1/s1. The van der Waals surface area contributed by atoms with Gasteiger partial charge >= 0.3 is 5.97 Å². The molecule has 8 nitrogen and oxygen atoms in total. The van der Waals surface area contributed by atoms with Crippen LogP contribution in [-0.4, -0.2) is 73.4 Å². The fourth-order valence-corrected chi connectivity index (χ4v) is 1.91. The molecule has 18 heavy (non-hydrogen) atoms. The van der Waals surface area contributed by atoms with Crippen molar-refractivity contribution in [3.8, 4) is 0 Å². The van der Waals surface area contributed by atoms with E-state index in [1.807, 2.05) is 0 Å². The molecule has 0 radical (unpaired) electrons. The van der Waals surface area contributed by atoms with Gasteiger partial charge in [-0.2, -0.15) is 0 Å². The van der Waals surface area contributed by atoms with Crippen LogP contribution in [0.2, 0.25) is 0 Å². The first-order chi connectivity index (χ1) is 8.23. The Kier molecular flexibility index (Phi) is 4.65. The van der Waals surface area contributed by atoms with Crippen LogP contribution < -0.4 is 0 Å². The second-order valence-corrected chi connectivity index (χ2v) is 4.54. The van der Waals surface area contributed by atoms with E-state index in [0.717, 1.165) is 0 Å². The molecule has 6 atom stereocenters. The van der Waals surface area contributed by atoms with Crippen LogP contribution in [0.25, 0.3) is 0 Å². The van der Waals surface area contributed by atoms with Crippen molar-refractivity contribution in [3.63, 3.8) is 0 Å². The summed E-state index contributed by atoms with van der Waals surface area (Å²) in [5.41, 5.74) is 0. The van der Waals surface area contributed by atoms with Gasteiger partial charge in [0.25, 0.3) is 5.79 Å². The van der Waals surface area contributed by atoms with E-state index in [4.69, 9.17) is 14.9 Å². The Morgan fingerprint density at radius 1 is 1.50 bits per heavy atom. The lowest BCUT2D eigenvalue weighted by atomic mass is 9.85. The van der Waals surface area contributed by atoms with Crippen LogP contribution >= 0.6 is 0 Å².